The molecular weight excluding hydrogens is 262 g/mol. The van der Waals surface area contributed by atoms with E-state index in [-0.39, 0.29) is 0 Å². The summed E-state index contributed by atoms with van der Waals surface area (Å²) in [4.78, 5) is 1.22. The second-order valence-corrected chi connectivity index (χ2v) is 7.17. The molecule has 2 N–H and O–H groups in total. The first-order chi connectivity index (χ1) is 7.68. The van der Waals surface area contributed by atoms with Gasteiger partial charge in [-0.05, 0) is 36.5 Å². The normalized spacial score (nSPS) is 19.9. The lowest BCUT2D eigenvalue weighted by Crippen LogP contribution is -2.43. The number of thiophene rings is 1. The fourth-order valence-electron chi connectivity index (χ4n) is 1.79. The molecule has 5 heteroatoms. The minimum absolute atomic E-state index is 0.494. The second kappa shape index (κ2) is 5.74. The van der Waals surface area contributed by atoms with Gasteiger partial charge in [0, 0.05) is 18.0 Å². The highest BCUT2D eigenvalue weighted by Crippen LogP contribution is 2.26. The predicted octanol–water partition coefficient (Wildman–Crippen LogP) is 2.75. The molecule has 1 aliphatic rings. The number of hydrogen-bond acceptors (Lipinski definition) is 4. The topological polar surface area (TPSA) is 32.3 Å². The predicted molar refractivity (Wildman–Crippen MR) is 72.5 cm³/mol. The summed E-state index contributed by atoms with van der Waals surface area (Å²) in [7, 11) is 0. The van der Waals surface area contributed by atoms with Gasteiger partial charge in [0.2, 0.25) is 0 Å². The van der Waals surface area contributed by atoms with Crippen LogP contribution < -0.4 is 5.32 Å². The van der Waals surface area contributed by atoms with Crippen LogP contribution in [0.2, 0.25) is 4.34 Å². The molecule has 1 saturated heterocycles. The smallest absolute Gasteiger partial charge is 0.0931 e. The van der Waals surface area contributed by atoms with Gasteiger partial charge in [-0.3, -0.25) is 0 Å². The van der Waals surface area contributed by atoms with E-state index in [2.05, 4.69) is 5.32 Å². The zero-order valence-corrected chi connectivity index (χ0v) is 11.4. The van der Waals surface area contributed by atoms with Crippen molar-refractivity contribution in [3.8, 4) is 0 Å². The van der Waals surface area contributed by atoms with E-state index in [4.69, 9.17) is 11.6 Å². The van der Waals surface area contributed by atoms with E-state index in [0.29, 0.717) is 6.54 Å². The van der Waals surface area contributed by atoms with E-state index in [0.717, 1.165) is 35.2 Å². The van der Waals surface area contributed by atoms with Crippen LogP contribution >= 0.6 is 34.7 Å². The van der Waals surface area contributed by atoms with Gasteiger partial charge in [0.25, 0.3) is 0 Å². The van der Waals surface area contributed by atoms with Gasteiger partial charge >= 0.3 is 0 Å². The largest absolute Gasteiger partial charge is 0.389 e. The van der Waals surface area contributed by atoms with Crippen molar-refractivity contribution in [1.29, 1.82) is 0 Å². The molecule has 16 heavy (non-hydrogen) atoms. The van der Waals surface area contributed by atoms with Gasteiger partial charge in [-0.1, -0.05) is 11.6 Å². The van der Waals surface area contributed by atoms with Crippen LogP contribution in [0.5, 0.6) is 0 Å². The molecule has 1 fully saturated rings. The summed E-state index contributed by atoms with van der Waals surface area (Å²) in [5, 5.41) is 13.6. The molecule has 0 aliphatic carbocycles. The number of aliphatic hydroxyl groups is 1. The summed E-state index contributed by atoms with van der Waals surface area (Å²) in [6.45, 7) is 1.48. The van der Waals surface area contributed by atoms with Crippen molar-refractivity contribution in [3.63, 3.8) is 0 Å². The number of thioether (sulfide) groups is 1. The third-order valence-electron chi connectivity index (χ3n) is 2.81. The molecule has 0 atom stereocenters. The van der Waals surface area contributed by atoms with Crippen molar-refractivity contribution < 1.29 is 5.11 Å². The lowest BCUT2D eigenvalue weighted by Gasteiger charge is -2.31. The van der Waals surface area contributed by atoms with E-state index in [1.807, 2.05) is 23.9 Å². The number of halogens is 1. The Kier molecular flexibility index (Phi) is 4.56. The Bertz CT molecular complexity index is 336. The lowest BCUT2D eigenvalue weighted by molar-refractivity contribution is 0.0321. The highest BCUT2D eigenvalue weighted by molar-refractivity contribution is 7.99. The van der Waals surface area contributed by atoms with E-state index >= 15 is 0 Å². The molecule has 0 unspecified atom stereocenters. The Labute approximate surface area is 109 Å². The Morgan fingerprint density at radius 2 is 2.12 bits per heavy atom. The van der Waals surface area contributed by atoms with Gasteiger partial charge in [-0.2, -0.15) is 11.8 Å². The molecule has 2 heterocycles. The molecule has 0 bridgehead atoms. The number of nitrogens with one attached hydrogen (secondary N) is 1. The summed E-state index contributed by atoms with van der Waals surface area (Å²) in [5.74, 6) is 2.14. The third kappa shape index (κ3) is 3.64. The highest BCUT2D eigenvalue weighted by Gasteiger charge is 2.28. The van der Waals surface area contributed by atoms with E-state index in [1.165, 1.54) is 4.88 Å². The van der Waals surface area contributed by atoms with Crippen LogP contribution in [0.1, 0.15) is 17.7 Å². The van der Waals surface area contributed by atoms with Crippen LogP contribution in [-0.4, -0.2) is 28.8 Å². The maximum atomic E-state index is 10.3. The molecule has 2 nitrogen and oxygen atoms in total. The molecule has 1 aliphatic heterocycles. The molecule has 90 valence electrons. The van der Waals surface area contributed by atoms with Gasteiger partial charge in [-0.25, -0.2) is 0 Å². The van der Waals surface area contributed by atoms with Crippen molar-refractivity contribution in [2.75, 3.05) is 18.1 Å². The van der Waals surface area contributed by atoms with Crippen molar-refractivity contribution in [3.05, 3.63) is 21.3 Å². The minimum Gasteiger partial charge on any atom is -0.389 e. The molecule has 0 amide bonds. The van der Waals surface area contributed by atoms with Crippen LogP contribution in [0, 0.1) is 0 Å². The molecular formula is C11H16ClNOS2. The van der Waals surface area contributed by atoms with Gasteiger partial charge in [0.1, 0.15) is 0 Å². The van der Waals surface area contributed by atoms with E-state index in [9.17, 15) is 5.11 Å². The summed E-state index contributed by atoms with van der Waals surface area (Å²) in [6, 6.07) is 3.94. The molecule has 0 saturated carbocycles. The maximum absolute atomic E-state index is 10.3. The summed E-state index contributed by atoms with van der Waals surface area (Å²) in [6.07, 6.45) is 1.80. The maximum Gasteiger partial charge on any atom is 0.0931 e. The van der Waals surface area contributed by atoms with Gasteiger partial charge in [0.05, 0.1) is 9.94 Å². The standard InChI is InChI=1S/C11H16ClNOS2/c12-10-2-1-9(16-10)7-13-8-11(14)3-5-15-6-4-11/h1-2,13-14H,3-8H2. The minimum atomic E-state index is -0.494. The first-order valence-electron chi connectivity index (χ1n) is 5.43. The first kappa shape index (κ1) is 12.7. The highest BCUT2D eigenvalue weighted by atomic mass is 35.5. The fraction of sp³-hybridized carbons (Fsp3) is 0.636. The Balaban J connectivity index is 1.74. The fourth-order valence-corrected chi connectivity index (χ4v) is 4.10. The first-order valence-corrected chi connectivity index (χ1v) is 7.78. The van der Waals surface area contributed by atoms with Crippen molar-refractivity contribution in [2.45, 2.75) is 25.0 Å². The molecule has 0 radical (unpaired) electrons. The second-order valence-electron chi connectivity index (χ2n) is 4.15. The lowest BCUT2D eigenvalue weighted by atomic mass is 9.97. The van der Waals surface area contributed by atoms with Crippen LogP contribution in [0.25, 0.3) is 0 Å². The summed E-state index contributed by atoms with van der Waals surface area (Å²) < 4.78 is 0.824. The van der Waals surface area contributed by atoms with Crippen molar-refractivity contribution in [1.82, 2.24) is 5.32 Å². The molecule has 2 rings (SSSR count). The number of hydrogen-bond donors (Lipinski definition) is 2. The molecule has 1 aromatic heterocycles. The average molecular weight is 278 g/mol. The van der Waals surface area contributed by atoms with E-state index in [1.54, 1.807) is 11.3 Å². The van der Waals surface area contributed by atoms with Crippen molar-refractivity contribution >= 4 is 34.7 Å². The van der Waals surface area contributed by atoms with E-state index < -0.39 is 5.60 Å². The zero-order valence-electron chi connectivity index (χ0n) is 9.04. The van der Waals surface area contributed by atoms with Crippen molar-refractivity contribution in [2.24, 2.45) is 0 Å². The summed E-state index contributed by atoms with van der Waals surface area (Å²) >= 11 is 9.37. The van der Waals surface area contributed by atoms with Gasteiger partial charge in [-0.15, -0.1) is 11.3 Å². The monoisotopic (exact) mass is 277 g/mol. The Morgan fingerprint density at radius 3 is 2.75 bits per heavy atom. The zero-order chi connectivity index (χ0) is 11.4. The van der Waals surface area contributed by atoms with Gasteiger partial charge in [0.15, 0.2) is 0 Å². The number of rotatable bonds is 4. The summed E-state index contributed by atoms with van der Waals surface area (Å²) in [5.41, 5.74) is -0.494. The Morgan fingerprint density at radius 1 is 1.38 bits per heavy atom. The Hall–Kier alpha value is 0.260. The van der Waals surface area contributed by atoms with Crippen LogP contribution in [0.4, 0.5) is 0 Å². The van der Waals surface area contributed by atoms with Gasteiger partial charge < -0.3 is 10.4 Å². The quantitative estimate of drug-likeness (QED) is 0.888. The molecule has 1 aromatic rings. The third-order valence-corrected chi connectivity index (χ3v) is 5.02. The molecule has 0 aromatic carbocycles. The van der Waals surface area contributed by atoms with Crippen LogP contribution in [-0.2, 0) is 6.54 Å². The van der Waals surface area contributed by atoms with Crippen LogP contribution in [0.3, 0.4) is 0 Å². The average Bonchev–Trinajstić information content (AvgIpc) is 2.65. The molecule has 0 spiro atoms. The van der Waals surface area contributed by atoms with Crippen LogP contribution in [0.15, 0.2) is 12.1 Å². The SMILES string of the molecule is OC1(CNCc2ccc(Cl)s2)CCSCC1.